The number of sulfonamides is 1. The molecule has 1 amide bonds. The highest BCUT2D eigenvalue weighted by molar-refractivity contribution is 7.89. The van der Waals surface area contributed by atoms with Crippen LogP contribution in [0.5, 0.6) is 5.75 Å². The van der Waals surface area contributed by atoms with Crippen molar-refractivity contribution in [3.05, 3.63) is 23.8 Å². The molecule has 0 spiro atoms. The van der Waals surface area contributed by atoms with Gasteiger partial charge in [0.15, 0.2) is 0 Å². The largest absolute Gasteiger partial charge is 0.495 e. The molecule has 1 aromatic rings. The van der Waals surface area contributed by atoms with Crippen LogP contribution < -0.4 is 20.5 Å². The van der Waals surface area contributed by atoms with E-state index in [9.17, 15) is 13.2 Å². The van der Waals surface area contributed by atoms with Gasteiger partial charge in [-0.1, -0.05) is 0 Å². The highest BCUT2D eigenvalue weighted by Gasteiger charge is 2.41. The van der Waals surface area contributed by atoms with Gasteiger partial charge in [0.25, 0.3) is 5.91 Å². The Labute approximate surface area is 136 Å². The van der Waals surface area contributed by atoms with Gasteiger partial charge in [0.1, 0.15) is 10.6 Å². The van der Waals surface area contributed by atoms with Gasteiger partial charge >= 0.3 is 0 Å². The average molecular weight is 341 g/mol. The van der Waals surface area contributed by atoms with Gasteiger partial charge < -0.3 is 15.8 Å². The first kappa shape index (κ1) is 17.7. The summed E-state index contributed by atoms with van der Waals surface area (Å²) in [5.41, 5.74) is 5.58. The molecule has 8 heteroatoms. The molecular formula is C15H23N3O4S. The lowest BCUT2D eigenvalue weighted by Gasteiger charge is -2.29. The van der Waals surface area contributed by atoms with Crippen molar-refractivity contribution >= 4 is 15.9 Å². The smallest absolute Gasteiger partial charge is 0.251 e. The maximum Gasteiger partial charge on any atom is 0.251 e. The molecule has 1 unspecified atom stereocenters. The molecule has 1 aliphatic rings. The van der Waals surface area contributed by atoms with Gasteiger partial charge in [-0.3, -0.25) is 4.79 Å². The standard InChI is InChI=1S/C15H23N3O4S/c1-15(9-16,11-5-6-11)18-14(19)10-4-7-12(22-3)13(8-10)23(20,21)17-2/h4,7-8,11,17H,5-6,9,16H2,1-3H3,(H,18,19). The molecule has 4 N–H and O–H groups in total. The van der Waals surface area contributed by atoms with Gasteiger partial charge in [-0.25, -0.2) is 13.1 Å². The number of nitrogens with one attached hydrogen (secondary N) is 2. The summed E-state index contributed by atoms with van der Waals surface area (Å²) in [6, 6.07) is 4.31. The molecule has 0 saturated heterocycles. The zero-order chi connectivity index (χ0) is 17.3. The van der Waals surface area contributed by atoms with Crippen LogP contribution in [0.4, 0.5) is 0 Å². The summed E-state index contributed by atoms with van der Waals surface area (Å²) in [6.07, 6.45) is 2.08. The second-order valence-electron chi connectivity index (χ2n) is 5.92. The van der Waals surface area contributed by atoms with Crippen LogP contribution in [0.25, 0.3) is 0 Å². The molecular weight excluding hydrogens is 318 g/mol. The molecule has 2 rings (SSSR count). The van der Waals surface area contributed by atoms with E-state index in [0.717, 1.165) is 12.8 Å². The number of methoxy groups -OCH3 is 1. The Bertz CT molecular complexity index is 701. The van der Waals surface area contributed by atoms with Gasteiger partial charge in [0.05, 0.1) is 12.6 Å². The Morgan fingerprint density at radius 3 is 2.57 bits per heavy atom. The lowest BCUT2D eigenvalue weighted by Crippen LogP contribution is -2.53. The Kier molecular flexibility index (Phi) is 4.98. The van der Waals surface area contributed by atoms with E-state index in [2.05, 4.69) is 10.0 Å². The van der Waals surface area contributed by atoms with E-state index in [1.54, 1.807) is 0 Å². The maximum atomic E-state index is 12.5. The zero-order valence-corrected chi connectivity index (χ0v) is 14.4. The fourth-order valence-electron chi connectivity index (χ4n) is 2.51. The van der Waals surface area contributed by atoms with Crippen molar-refractivity contribution in [1.82, 2.24) is 10.0 Å². The monoisotopic (exact) mass is 341 g/mol. The summed E-state index contributed by atoms with van der Waals surface area (Å²) < 4.78 is 31.4. The first-order valence-corrected chi connectivity index (χ1v) is 8.90. The molecule has 0 heterocycles. The van der Waals surface area contributed by atoms with E-state index in [4.69, 9.17) is 10.5 Å². The molecule has 7 nitrogen and oxygen atoms in total. The zero-order valence-electron chi connectivity index (χ0n) is 13.5. The third kappa shape index (κ3) is 3.65. The second kappa shape index (κ2) is 6.46. The van der Waals surface area contributed by atoms with Crippen molar-refractivity contribution in [2.24, 2.45) is 11.7 Å². The number of ether oxygens (including phenoxy) is 1. The van der Waals surface area contributed by atoms with E-state index in [-0.39, 0.29) is 22.1 Å². The number of carbonyl (C=O) groups is 1. The van der Waals surface area contributed by atoms with Crippen molar-refractivity contribution in [2.75, 3.05) is 20.7 Å². The lowest BCUT2D eigenvalue weighted by atomic mass is 9.95. The Balaban J connectivity index is 2.33. The number of hydrogen-bond acceptors (Lipinski definition) is 5. The number of carbonyl (C=O) groups excluding carboxylic acids is 1. The third-order valence-corrected chi connectivity index (χ3v) is 5.72. The van der Waals surface area contributed by atoms with Crippen LogP contribution in [0.1, 0.15) is 30.1 Å². The quantitative estimate of drug-likeness (QED) is 0.667. The van der Waals surface area contributed by atoms with Crippen LogP contribution in [0, 0.1) is 5.92 Å². The van der Waals surface area contributed by atoms with Gasteiger partial charge in [0, 0.05) is 12.1 Å². The second-order valence-corrected chi connectivity index (χ2v) is 7.78. The van der Waals surface area contributed by atoms with Gasteiger partial charge in [-0.15, -0.1) is 0 Å². The minimum Gasteiger partial charge on any atom is -0.495 e. The predicted octanol–water partition coefficient (Wildman–Crippen LogP) is 0.461. The van der Waals surface area contributed by atoms with Crippen molar-refractivity contribution in [3.63, 3.8) is 0 Å². The van der Waals surface area contributed by atoms with Gasteiger partial charge in [-0.05, 0) is 50.9 Å². The predicted molar refractivity (Wildman–Crippen MR) is 86.9 cm³/mol. The van der Waals surface area contributed by atoms with Crippen molar-refractivity contribution in [3.8, 4) is 5.75 Å². The van der Waals surface area contributed by atoms with Crippen molar-refractivity contribution in [1.29, 1.82) is 0 Å². The fraction of sp³-hybridized carbons (Fsp3) is 0.533. The maximum absolute atomic E-state index is 12.5. The molecule has 0 aliphatic heterocycles. The molecule has 128 valence electrons. The van der Waals surface area contributed by atoms with E-state index < -0.39 is 15.6 Å². The molecule has 1 aromatic carbocycles. The normalized spacial score (nSPS) is 17.4. The number of benzene rings is 1. The number of hydrogen-bond donors (Lipinski definition) is 3. The van der Waals surface area contributed by atoms with Crippen LogP contribution in [0.3, 0.4) is 0 Å². The number of rotatable bonds is 7. The SMILES string of the molecule is CNS(=O)(=O)c1cc(C(=O)NC(C)(CN)C2CC2)ccc1OC. The molecule has 0 bridgehead atoms. The molecule has 1 saturated carbocycles. The summed E-state index contributed by atoms with van der Waals surface area (Å²) in [7, 11) is -1.05. The van der Waals surface area contributed by atoms with E-state index in [0.29, 0.717) is 12.5 Å². The van der Waals surface area contributed by atoms with Crippen LogP contribution >= 0.6 is 0 Å². The number of amides is 1. The number of nitrogens with two attached hydrogens (primary N) is 1. The van der Waals surface area contributed by atoms with Crippen LogP contribution in [0.15, 0.2) is 23.1 Å². The highest BCUT2D eigenvalue weighted by atomic mass is 32.2. The lowest BCUT2D eigenvalue weighted by molar-refractivity contribution is 0.0897. The summed E-state index contributed by atoms with van der Waals surface area (Å²) in [5.74, 6) is 0.204. The van der Waals surface area contributed by atoms with Gasteiger partial charge in [0.2, 0.25) is 10.0 Å². The van der Waals surface area contributed by atoms with E-state index in [1.165, 1.54) is 32.4 Å². The minimum absolute atomic E-state index is 0.0731. The van der Waals surface area contributed by atoms with E-state index in [1.807, 2.05) is 6.92 Å². The first-order valence-electron chi connectivity index (χ1n) is 7.41. The molecule has 1 fully saturated rings. The van der Waals surface area contributed by atoms with Crippen LogP contribution in [-0.4, -0.2) is 40.6 Å². The van der Waals surface area contributed by atoms with Crippen molar-refractivity contribution < 1.29 is 17.9 Å². The topological polar surface area (TPSA) is 111 Å². The molecule has 0 radical (unpaired) electrons. The molecule has 0 aromatic heterocycles. The van der Waals surface area contributed by atoms with Gasteiger partial charge in [-0.2, -0.15) is 0 Å². The molecule has 1 atom stereocenters. The highest BCUT2D eigenvalue weighted by Crippen LogP contribution is 2.39. The average Bonchev–Trinajstić information content (AvgIpc) is 3.39. The molecule has 1 aliphatic carbocycles. The Morgan fingerprint density at radius 2 is 2.09 bits per heavy atom. The minimum atomic E-state index is -3.73. The summed E-state index contributed by atoms with van der Waals surface area (Å²) >= 11 is 0. The third-order valence-electron chi connectivity index (χ3n) is 4.29. The molecule has 23 heavy (non-hydrogen) atoms. The van der Waals surface area contributed by atoms with Crippen LogP contribution in [0.2, 0.25) is 0 Å². The summed E-state index contributed by atoms with van der Waals surface area (Å²) in [5, 5.41) is 2.94. The summed E-state index contributed by atoms with van der Waals surface area (Å²) in [4.78, 5) is 12.4. The van der Waals surface area contributed by atoms with E-state index >= 15 is 0 Å². The van der Waals surface area contributed by atoms with Crippen LogP contribution in [-0.2, 0) is 10.0 Å². The Morgan fingerprint density at radius 1 is 1.43 bits per heavy atom. The fourth-order valence-corrected chi connectivity index (χ4v) is 3.43. The summed E-state index contributed by atoms with van der Waals surface area (Å²) in [6.45, 7) is 2.25. The first-order chi connectivity index (χ1) is 10.8. The van der Waals surface area contributed by atoms with Crippen molar-refractivity contribution in [2.45, 2.75) is 30.2 Å². The Hall–Kier alpha value is -1.64.